The fraction of sp³-hybridized carbons (Fsp3) is 0.583. The minimum Gasteiger partial charge on any atom is -0.386 e. The van der Waals surface area contributed by atoms with Gasteiger partial charge in [-0.3, -0.25) is 0 Å². The Labute approximate surface area is 109 Å². The van der Waals surface area contributed by atoms with Crippen LogP contribution in [0.1, 0.15) is 20.8 Å². The minimum absolute atomic E-state index is 0.0926. The Morgan fingerprint density at radius 3 is 2.61 bits per heavy atom. The Morgan fingerprint density at radius 1 is 1.44 bits per heavy atom. The van der Waals surface area contributed by atoms with Crippen molar-refractivity contribution in [2.75, 3.05) is 25.5 Å². The van der Waals surface area contributed by atoms with E-state index in [1.165, 1.54) is 10.5 Å². The molecule has 0 atom stereocenters. The summed E-state index contributed by atoms with van der Waals surface area (Å²) in [7, 11) is -1.84. The normalized spacial score (nSPS) is 12.1. The number of nitrogens with one attached hydrogen (secondary N) is 1. The predicted molar refractivity (Wildman–Crippen MR) is 73.1 cm³/mol. The van der Waals surface area contributed by atoms with Gasteiger partial charge in [-0.05, 0) is 18.1 Å². The van der Waals surface area contributed by atoms with Crippen LogP contribution in [0, 0.1) is 5.92 Å². The second-order valence-corrected chi connectivity index (χ2v) is 6.31. The number of hydrogen-bond acceptors (Lipinski definition) is 4. The third kappa shape index (κ3) is 3.20. The molecule has 0 radical (unpaired) electrons. The largest absolute Gasteiger partial charge is 0.386 e. The fourth-order valence-electron chi connectivity index (χ4n) is 1.71. The molecule has 0 saturated carbocycles. The summed E-state index contributed by atoms with van der Waals surface area (Å²) in [6, 6.07) is 3.42. The number of nitrogens with zero attached hydrogens (tertiary/aromatic N) is 2. The van der Waals surface area contributed by atoms with Crippen molar-refractivity contribution in [1.82, 2.24) is 9.29 Å². The molecule has 0 unspecified atom stereocenters. The van der Waals surface area contributed by atoms with Crippen molar-refractivity contribution in [3.63, 3.8) is 0 Å². The third-order valence-corrected chi connectivity index (χ3v) is 4.45. The SMILES string of the molecule is CCN(CC(C)C)S(=O)(=O)c1ncccc1NC. The van der Waals surface area contributed by atoms with Crippen LogP contribution in [0.2, 0.25) is 0 Å². The van der Waals surface area contributed by atoms with E-state index in [-0.39, 0.29) is 10.9 Å². The van der Waals surface area contributed by atoms with Gasteiger partial charge in [0.2, 0.25) is 0 Å². The van der Waals surface area contributed by atoms with Crippen molar-refractivity contribution in [3.8, 4) is 0 Å². The molecule has 1 aromatic rings. The van der Waals surface area contributed by atoms with Gasteiger partial charge in [0.05, 0.1) is 5.69 Å². The number of rotatable bonds is 6. The van der Waals surface area contributed by atoms with Gasteiger partial charge in [0.15, 0.2) is 5.03 Å². The summed E-state index contributed by atoms with van der Waals surface area (Å²) in [5, 5.41) is 2.96. The molecule has 1 rings (SSSR count). The van der Waals surface area contributed by atoms with Gasteiger partial charge >= 0.3 is 0 Å². The van der Waals surface area contributed by atoms with Crippen molar-refractivity contribution >= 4 is 15.7 Å². The maximum absolute atomic E-state index is 12.5. The average Bonchev–Trinajstić information content (AvgIpc) is 2.35. The van der Waals surface area contributed by atoms with Crippen LogP contribution < -0.4 is 5.32 Å². The lowest BCUT2D eigenvalue weighted by Gasteiger charge is -2.22. The van der Waals surface area contributed by atoms with Crippen LogP contribution in [0.25, 0.3) is 0 Å². The molecule has 0 amide bonds. The molecular weight excluding hydrogens is 250 g/mol. The lowest BCUT2D eigenvalue weighted by molar-refractivity contribution is 0.379. The van der Waals surface area contributed by atoms with E-state index < -0.39 is 10.0 Å². The van der Waals surface area contributed by atoms with Crippen LogP contribution in [0.3, 0.4) is 0 Å². The van der Waals surface area contributed by atoms with E-state index in [0.717, 1.165) is 0 Å². The van der Waals surface area contributed by atoms with Gasteiger partial charge in [0, 0.05) is 26.3 Å². The highest BCUT2D eigenvalue weighted by atomic mass is 32.2. The Hall–Kier alpha value is -1.14. The fourth-order valence-corrected chi connectivity index (χ4v) is 3.43. The summed E-state index contributed by atoms with van der Waals surface area (Å²) >= 11 is 0. The molecule has 0 saturated heterocycles. The molecule has 102 valence electrons. The molecule has 0 aliphatic heterocycles. The molecule has 0 aliphatic carbocycles. The molecule has 0 aromatic carbocycles. The summed E-state index contributed by atoms with van der Waals surface area (Å²) in [5.41, 5.74) is 0.528. The van der Waals surface area contributed by atoms with E-state index in [2.05, 4.69) is 10.3 Å². The van der Waals surface area contributed by atoms with E-state index in [0.29, 0.717) is 18.8 Å². The first-order valence-electron chi connectivity index (χ1n) is 6.06. The van der Waals surface area contributed by atoms with Crippen LogP contribution in [-0.4, -0.2) is 37.8 Å². The van der Waals surface area contributed by atoms with E-state index in [9.17, 15) is 8.42 Å². The smallest absolute Gasteiger partial charge is 0.262 e. The molecule has 18 heavy (non-hydrogen) atoms. The van der Waals surface area contributed by atoms with Gasteiger partial charge in [0.25, 0.3) is 10.0 Å². The predicted octanol–water partition coefficient (Wildman–Crippen LogP) is 1.79. The van der Waals surface area contributed by atoms with Crippen molar-refractivity contribution in [2.24, 2.45) is 5.92 Å². The average molecular weight is 271 g/mol. The molecule has 1 aromatic heterocycles. The van der Waals surface area contributed by atoms with Crippen LogP contribution in [-0.2, 0) is 10.0 Å². The third-order valence-electron chi connectivity index (χ3n) is 2.55. The van der Waals surface area contributed by atoms with Gasteiger partial charge in [-0.2, -0.15) is 4.31 Å². The first-order valence-corrected chi connectivity index (χ1v) is 7.50. The Kier molecular flexibility index (Phi) is 5.10. The van der Waals surface area contributed by atoms with Crippen LogP contribution >= 0.6 is 0 Å². The molecule has 0 fully saturated rings. The summed E-state index contributed by atoms with van der Waals surface area (Å²) in [4.78, 5) is 4.01. The van der Waals surface area contributed by atoms with Crippen LogP contribution in [0.15, 0.2) is 23.4 Å². The van der Waals surface area contributed by atoms with Gasteiger partial charge < -0.3 is 5.32 Å². The molecule has 5 nitrogen and oxygen atoms in total. The second-order valence-electron chi connectivity index (χ2n) is 4.46. The lowest BCUT2D eigenvalue weighted by atomic mass is 10.2. The summed E-state index contributed by atoms with van der Waals surface area (Å²) in [6.07, 6.45) is 1.50. The zero-order valence-corrected chi connectivity index (χ0v) is 12.2. The highest BCUT2D eigenvalue weighted by molar-refractivity contribution is 7.89. The molecule has 6 heteroatoms. The number of aromatic nitrogens is 1. The first-order chi connectivity index (χ1) is 8.43. The van der Waals surface area contributed by atoms with Gasteiger partial charge in [-0.15, -0.1) is 0 Å². The van der Waals surface area contributed by atoms with E-state index in [4.69, 9.17) is 0 Å². The number of pyridine rings is 1. The standard InChI is InChI=1S/C12H21N3O2S/c1-5-15(9-10(2)3)18(16,17)12-11(13-4)7-6-8-14-12/h6-8,10,13H,5,9H2,1-4H3. The quantitative estimate of drug-likeness (QED) is 0.857. The lowest BCUT2D eigenvalue weighted by Crippen LogP contribution is -2.34. The summed E-state index contributed by atoms with van der Waals surface area (Å²) in [5.74, 6) is 0.279. The first kappa shape index (κ1) is 14.9. The Balaban J connectivity index is 3.18. The van der Waals surface area contributed by atoms with Crippen molar-refractivity contribution < 1.29 is 8.42 Å². The summed E-state index contributed by atoms with van der Waals surface area (Å²) in [6.45, 7) is 6.77. The maximum Gasteiger partial charge on any atom is 0.262 e. The molecule has 0 bridgehead atoms. The highest BCUT2D eigenvalue weighted by Gasteiger charge is 2.27. The monoisotopic (exact) mass is 271 g/mol. The number of hydrogen-bond donors (Lipinski definition) is 1. The Morgan fingerprint density at radius 2 is 2.11 bits per heavy atom. The van der Waals surface area contributed by atoms with Crippen LogP contribution in [0.4, 0.5) is 5.69 Å². The van der Waals surface area contributed by atoms with Crippen molar-refractivity contribution in [1.29, 1.82) is 0 Å². The van der Waals surface area contributed by atoms with Crippen LogP contribution in [0.5, 0.6) is 0 Å². The second kappa shape index (κ2) is 6.15. The molecule has 0 spiro atoms. The molecule has 0 aliphatic rings. The zero-order chi connectivity index (χ0) is 13.8. The number of anilines is 1. The maximum atomic E-state index is 12.5. The van der Waals surface area contributed by atoms with Crippen molar-refractivity contribution in [3.05, 3.63) is 18.3 Å². The van der Waals surface area contributed by atoms with E-state index >= 15 is 0 Å². The highest BCUT2D eigenvalue weighted by Crippen LogP contribution is 2.22. The molecular formula is C12H21N3O2S. The van der Waals surface area contributed by atoms with Crippen molar-refractivity contribution in [2.45, 2.75) is 25.8 Å². The molecule has 1 N–H and O–H groups in total. The topological polar surface area (TPSA) is 62.3 Å². The van der Waals surface area contributed by atoms with Gasteiger partial charge in [0.1, 0.15) is 0 Å². The summed E-state index contributed by atoms with van der Waals surface area (Å²) < 4.78 is 26.5. The molecule has 1 heterocycles. The minimum atomic E-state index is -3.53. The van der Waals surface area contributed by atoms with E-state index in [1.807, 2.05) is 20.8 Å². The van der Waals surface area contributed by atoms with Gasteiger partial charge in [-0.1, -0.05) is 20.8 Å². The van der Waals surface area contributed by atoms with E-state index in [1.54, 1.807) is 19.2 Å². The zero-order valence-electron chi connectivity index (χ0n) is 11.3. The Bertz CT molecular complexity index is 486. The van der Waals surface area contributed by atoms with Gasteiger partial charge in [-0.25, -0.2) is 13.4 Å². The number of sulfonamides is 1.